The molecule has 0 spiro atoms. The summed E-state index contributed by atoms with van der Waals surface area (Å²) in [5, 5.41) is 0. The van der Waals surface area contributed by atoms with E-state index < -0.39 is 0 Å². The van der Waals surface area contributed by atoms with Crippen LogP contribution >= 0.6 is 11.8 Å². The standard InChI is InChI=1S/C11H14OS/c1-8-4-3-5-9-10(12-2)6-7-13-11(8)9/h3-5,10H,6-7H2,1-2H3. The van der Waals surface area contributed by atoms with Crippen LogP contribution in [-0.2, 0) is 4.74 Å². The topological polar surface area (TPSA) is 9.23 Å². The van der Waals surface area contributed by atoms with Crippen LogP contribution in [0.25, 0.3) is 0 Å². The first-order valence-corrected chi connectivity index (χ1v) is 5.56. The molecule has 2 rings (SSSR count). The van der Waals surface area contributed by atoms with E-state index in [1.807, 2.05) is 11.8 Å². The summed E-state index contributed by atoms with van der Waals surface area (Å²) in [5.41, 5.74) is 2.75. The van der Waals surface area contributed by atoms with Crippen molar-refractivity contribution in [2.75, 3.05) is 12.9 Å². The molecule has 0 N–H and O–H groups in total. The van der Waals surface area contributed by atoms with Crippen molar-refractivity contribution in [3.05, 3.63) is 29.3 Å². The highest BCUT2D eigenvalue weighted by Gasteiger charge is 2.20. The smallest absolute Gasteiger partial charge is 0.0840 e. The molecule has 0 amide bonds. The molecular weight excluding hydrogens is 180 g/mol. The molecule has 0 bridgehead atoms. The largest absolute Gasteiger partial charge is 0.377 e. The first-order chi connectivity index (χ1) is 6.33. The second kappa shape index (κ2) is 3.72. The zero-order valence-electron chi connectivity index (χ0n) is 8.04. The number of rotatable bonds is 1. The Kier molecular flexibility index (Phi) is 2.61. The van der Waals surface area contributed by atoms with Gasteiger partial charge in [-0.25, -0.2) is 0 Å². The monoisotopic (exact) mass is 194 g/mol. The van der Waals surface area contributed by atoms with E-state index in [2.05, 4.69) is 25.1 Å². The number of fused-ring (bicyclic) bond motifs is 1. The molecule has 2 heteroatoms. The summed E-state index contributed by atoms with van der Waals surface area (Å²) in [5.74, 6) is 1.18. The van der Waals surface area contributed by atoms with Gasteiger partial charge in [-0.2, -0.15) is 0 Å². The molecule has 0 fully saturated rings. The van der Waals surface area contributed by atoms with Gasteiger partial charge >= 0.3 is 0 Å². The van der Waals surface area contributed by atoms with Crippen molar-refractivity contribution in [2.24, 2.45) is 0 Å². The lowest BCUT2D eigenvalue weighted by Gasteiger charge is -2.24. The lowest BCUT2D eigenvalue weighted by Crippen LogP contribution is -2.09. The fraction of sp³-hybridized carbons (Fsp3) is 0.455. The highest BCUT2D eigenvalue weighted by Crippen LogP contribution is 2.39. The van der Waals surface area contributed by atoms with Crippen molar-refractivity contribution in [3.63, 3.8) is 0 Å². The Morgan fingerprint density at radius 1 is 1.46 bits per heavy atom. The summed E-state index contributed by atoms with van der Waals surface area (Å²) >= 11 is 1.95. The molecule has 0 aromatic heterocycles. The molecular formula is C11H14OS. The van der Waals surface area contributed by atoms with E-state index in [-0.39, 0.29) is 0 Å². The molecule has 0 saturated carbocycles. The maximum absolute atomic E-state index is 5.46. The van der Waals surface area contributed by atoms with E-state index in [0.717, 1.165) is 6.42 Å². The fourth-order valence-electron chi connectivity index (χ4n) is 1.79. The van der Waals surface area contributed by atoms with Crippen molar-refractivity contribution in [2.45, 2.75) is 24.3 Å². The van der Waals surface area contributed by atoms with Gasteiger partial charge in [0, 0.05) is 17.8 Å². The molecule has 1 unspecified atom stereocenters. The van der Waals surface area contributed by atoms with Crippen molar-refractivity contribution >= 4 is 11.8 Å². The number of hydrogen-bond donors (Lipinski definition) is 0. The number of thioether (sulfide) groups is 1. The highest BCUT2D eigenvalue weighted by atomic mass is 32.2. The van der Waals surface area contributed by atoms with E-state index >= 15 is 0 Å². The van der Waals surface area contributed by atoms with Gasteiger partial charge in [0.25, 0.3) is 0 Å². The van der Waals surface area contributed by atoms with Gasteiger partial charge in [-0.1, -0.05) is 18.2 Å². The quantitative estimate of drug-likeness (QED) is 0.679. The predicted molar refractivity (Wildman–Crippen MR) is 56.3 cm³/mol. The predicted octanol–water partition coefficient (Wildman–Crippen LogP) is 3.18. The van der Waals surface area contributed by atoms with Crippen LogP contribution in [0.3, 0.4) is 0 Å². The van der Waals surface area contributed by atoms with Crippen LogP contribution in [0.5, 0.6) is 0 Å². The van der Waals surface area contributed by atoms with Crippen LogP contribution in [0.4, 0.5) is 0 Å². The molecule has 70 valence electrons. The number of methoxy groups -OCH3 is 1. The number of benzene rings is 1. The van der Waals surface area contributed by atoms with Gasteiger partial charge < -0.3 is 4.74 Å². The zero-order valence-corrected chi connectivity index (χ0v) is 8.86. The molecule has 1 aliphatic rings. The third-order valence-electron chi connectivity index (χ3n) is 2.50. The van der Waals surface area contributed by atoms with Gasteiger partial charge in [0.15, 0.2) is 0 Å². The first kappa shape index (κ1) is 9.10. The molecule has 1 aliphatic heterocycles. The van der Waals surface area contributed by atoms with Crippen LogP contribution in [-0.4, -0.2) is 12.9 Å². The van der Waals surface area contributed by atoms with E-state index in [9.17, 15) is 0 Å². The van der Waals surface area contributed by atoms with Gasteiger partial charge in [0.1, 0.15) is 0 Å². The van der Waals surface area contributed by atoms with E-state index in [0.29, 0.717) is 6.10 Å². The van der Waals surface area contributed by atoms with Gasteiger partial charge in [-0.15, -0.1) is 11.8 Å². The molecule has 1 atom stereocenters. The highest BCUT2D eigenvalue weighted by molar-refractivity contribution is 7.99. The second-order valence-corrected chi connectivity index (χ2v) is 4.46. The minimum atomic E-state index is 0.316. The van der Waals surface area contributed by atoms with Gasteiger partial charge in [-0.05, 0) is 24.5 Å². The third kappa shape index (κ3) is 1.61. The lowest BCUT2D eigenvalue weighted by atomic mass is 10.0. The SMILES string of the molecule is COC1CCSc2c(C)cccc21. The van der Waals surface area contributed by atoms with Gasteiger partial charge in [0.05, 0.1) is 6.10 Å². The van der Waals surface area contributed by atoms with Crippen molar-refractivity contribution in [1.82, 2.24) is 0 Å². The minimum absolute atomic E-state index is 0.316. The molecule has 1 aromatic rings. The Hall–Kier alpha value is -0.470. The average Bonchev–Trinajstić information content (AvgIpc) is 2.18. The van der Waals surface area contributed by atoms with Crippen molar-refractivity contribution < 1.29 is 4.74 Å². The Morgan fingerprint density at radius 2 is 2.31 bits per heavy atom. The number of hydrogen-bond acceptors (Lipinski definition) is 2. The van der Waals surface area contributed by atoms with Crippen molar-refractivity contribution in [3.8, 4) is 0 Å². The normalized spacial score (nSPS) is 21.2. The molecule has 1 heterocycles. The Morgan fingerprint density at radius 3 is 3.08 bits per heavy atom. The van der Waals surface area contributed by atoms with Crippen LogP contribution in [0, 0.1) is 6.92 Å². The summed E-state index contributed by atoms with van der Waals surface area (Å²) in [6, 6.07) is 6.47. The van der Waals surface area contributed by atoms with Crippen LogP contribution < -0.4 is 0 Å². The third-order valence-corrected chi connectivity index (χ3v) is 3.79. The molecule has 1 nitrogen and oxygen atoms in total. The van der Waals surface area contributed by atoms with Crippen molar-refractivity contribution in [1.29, 1.82) is 0 Å². The number of aryl methyl sites for hydroxylation is 1. The van der Waals surface area contributed by atoms with Gasteiger partial charge in [0.2, 0.25) is 0 Å². The maximum Gasteiger partial charge on any atom is 0.0840 e. The van der Waals surface area contributed by atoms with E-state index in [4.69, 9.17) is 4.74 Å². The molecule has 0 radical (unpaired) electrons. The molecule has 0 aliphatic carbocycles. The average molecular weight is 194 g/mol. The van der Waals surface area contributed by atoms with Crippen LogP contribution in [0.1, 0.15) is 23.7 Å². The van der Waals surface area contributed by atoms with Crippen LogP contribution in [0.15, 0.2) is 23.1 Å². The lowest BCUT2D eigenvalue weighted by molar-refractivity contribution is 0.0973. The maximum atomic E-state index is 5.46. The molecule has 1 aromatic carbocycles. The second-order valence-electron chi connectivity index (χ2n) is 3.35. The first-order valence-electron chi connectivity index (χ1n) is 4.58. The zero-order chi connectivity index (χ0) is 9.26. The Labute approximate surface area is 83.5 Å². The summed E-state index contributed by atoms with van der Waals surface area (Å²) in [4.78, 5) is 1.43. The Bertz CT molecular complexity index is 309. The van der Waals surface area contributed by atoms with E-state index in [1.165, 1.54) is 21.8 Å². The summed E-state index contributed by atoms with van der Waals surface area (Å²) in [6.45, 7) is 2.17. The minimum Gasteiger partial charge on any atom is -0.377 e. The number of ether oxygens (including phenoxy) is 1. The summed E-state index contributed by atoms with van der Waals surface area (Å²) in [6.07, 6.45) is 1.45. The van der Waals surface area contributed by atoms with Gasteiger partial charge in [-0.3, -0.25) is 0 Å². The molecule has 0 saturated heterocycles. The Balaban J connectivity index is 2.45. The van der Waals surface area contributed by atoms with E-state index in [1.54, 1.807) is 7.11 Å². The molecule has 13 heavy (non-hydrogen) atoms. The summed E-state index contributed by atoms with van der Waals surface area (Å²) in [7, 11) is 1.80. The fourth-order valence-corrected chi connectivity index (χ4v) is 2.99. The summed E-state index contributed by atoms with van der Waals surface area (Å²) < 4.78 is 5.46. The van der Waals surface area contributed by atoms with Crippen LogP contribution in [0.2, 0.25) is 0 Å².